The molecule has 1 N–H and O–H groups in total. The van der Waals surface area contributed by atoms with Gasteiger partial charge in [0, 0.05) is 29.7 Å². The van der Waals surface area contributed by atoms with E-state index in [0.29, 0.717) is 11.3 Å². The zero-order valence-corrected chi connectivity index (χ0v) is 13.9. The fourth-order valence-corrected chi connectivity index (χ4v) is 2.36. The number of imidazole rings is 1. The number of ether oxygens (including phenoxy) is 1. The summed E-state index contributed by atoms with van der Waals surface area (Å²) in [5.41, 5.74) is 1.33. The van der Waals surface area contributed by atoms with Gasteiger partial charge in [0.25, 0.3) is 5.91 Å². The molecule has 0 bridgehead atoms. The molecular formula is C19H18FN3O2. The highest BCUT2D eigenvalue weighted by Gasteiger charge is 2.11. The molecule has 3 rings (SSSR count). The van der Waals surface area contributed by atoms with Crippen LogP contribution in [0.4, 0.5) is 10.1 Å². The van der Waals surface area contributed by atoms with Crippen molar-refractivity contribution in [2.24, 2.45) is 0 Å². The first-order valence-corrected chi connectivity index (χ1v) is 7.89. The molecule has 0 aliphatic rings. The molecule has 128 valence electrons. The monoisotopic (exact) mass is 339 g/mol. The maximum atomic E-state index is 14.2. The van der Waals surface area contributed by atoms with Gasteiger partial charge in [-0.15, -0.1) is 0 Å². The summed E-state index contributed by atoms with van der Waals surface area (Å²) >= 11 is 0. The van der Waals surface area contributed by atoms with Crippen molar-refractivity contribution >= 4 is 11.6 Å². The highest BCUT2D eigenvalue weighted by molar-refractivity contribution is 6.04. The Morgan fingerprint density at radius 2 is 2.08 bits per heavy atom. The maximum Gasteiger partial charge on any atom is 0.255 e. The highest BCUT2D eigenvalue weighted by atomic mass is 19.1. The largest absolute Gasteiger partial charge is 0.491 e. The Hall–Kier alpha value is -3.15. The summed E-state index contributed by atoms with van der Waals surface area (Å²) in [5.74, 6) is -0.511. The lowest BCUT2D eigenvalue weighted by Crippen LogP contribution is -2.13. The van der Waals surface area contributed by atoms with Gasteiger partial charge in [0.15, 0.2) is 0 Å². The SMILES string of the molecule is CC(C)Oc1ccc(NC(=O)c2cccc(-n3ccnc3)c2)c(F)c1. The predicted molar refractivity (Wildman–Crippen MR) is 93.7 cm³/mol. The predicted octanol–water partition coefficient (Wildman–Crippen LogP) is 4.05. The lowest BCUT2D eigenvalue weighted by Gasteiger charge is -2.12. The lowest BCUT2D eigenvalue weighted by atomic mass is 10.1. The standard InChI is InChI=1S/C19H18FN3O2/c1-13(2)25-16-6-7-18(17(20)11-16)22-19(24)14-4-3-5-15(10-14)23-9-8-21-12-23/h3-13H,1-2H3,(H,22,24). The molecule has 0 radical (unpaired) electrons. The van der Waals surface area contributed by atoms with Gasteiger partial charge in [-0.25, -0.2) is 9.37 Å². The lowest BCUT2D eigenvalue weighted by molar-refractivity contribution is 0.102. The van der Waals surface area contributed by atoms with Crippen LogP contribution in [0.15, 0.2) is 61.2 Å². The molecule has 0 unspecified atom stereocenters. The Balaban J connectivity index is 1.77. The van der Waals surface area contributed by atoms with Crippen LogP contribution in [0.3, 0.4) is 0 Å². The van der Waals surface area contributed by atoms with E-state index in [1.165, 1.54) is 12.1 Å². The summed E-state index contributed by atoms with van der Waals surface area (Å²) in [5, 5.41) is 2.59. The van der Waals surface area contributed by atoms with Crippen LogP contribution < -0.4 is 10.1 Å². The minimum Gasteiger partial charge on any atom is -0.491 e. The van der Waals surface area contributed by atoms with Gasteiger partial charge >= 0.3 is 0 Å². The van der Waals surface area contributed by atoms with Crippen molar-refractivity contribution in [3.05, 3.63) is 72.6 Å². The number of amides is 1. The molecule has 25 heavy (non-hydrogen) atoms. The van der Waals surface area contributed by atoms with E-state index < -0.39 is 11.7 Å². The quantitative estimate of drug-likeness (QED) is 0.763. The van der Waals surface area contributed by atoms with Crippen molar-refractivity contribution in [3.63, 3.8) is 0 Å². The number of nitrogens with zero attached hydrogens (tertiary/aromatic N) is 2. The molecular weight excluding hydrogens is 321 g/mol. The maximum absolute atomic E-state index is 14.2. The van der Waals surface area contributed by atoms with Crippen molar-refractivity contribution in [1.82, 2.24) is 9.55 Å². The Labute approximate surface area is 145 Å². The van der Waals surface area contributed by atoms with Crippen LogP contribution in [0.5, 0.6) is 5.75 Å². The fourth-order valence-electron chi connectivity index (χ4n) is 2.36. The molecule has 0 fully saturated rings. The second kappa shape index (κ2) is 7.17. The molecule has 0 atom stereocenters. The second-order valence-corrected chi connectivity index (χ2v) is 5.78. The molecule has 1 aromatic heterocycles. The van der Waals surface area contributed by atoms with Crippen molar-refractivity contribution in [1.29, 1.82) is 0 Å². The van der Waals surface area contributed by atoms with E-state index in [-0.39, 0.29) is 11.8 Å². The topological polar surface area (TPSA) is 56.1 Å². The summed E-state index contributed by atoms with van der Waals surface area (Å²) in [7, 11) is 0. The molecule has 0 saturated heterocycles. The molecule has 0 spiro atoms. The summed E-state index contributed by atoms with van der Waals surface area (Å²) in [4.78, 5) is 16.4. The average Bonchev–Trinajstić information content (AvgIpc) is 3.11. The number of carbonyl (C=O) groups is 1. The Kier molecular flexibility index (Phi) is 4.79. The molecule has 0 aliphatic carbocycles. The number of hydrogen-bond donors (Lipinski definition) is 1. The van der Waals surface area contributed by atoms with Gasteiger partial charge in [0.1, 0.15) is 11.6 Å². The minimum atomic E-state index is -0.544. The Morgan fingerprint density at radius 3 is 2.76 bits per heavy atom. The number of aromatic nitrogens is 2. The third-order valence-electron chi connectivity index (χ3n) is 3.47. The average molecular weight is 339 g/mol. The van der Waals surface area contributed by atoms with Gasteiger partial charge in [-0.05, 0) is 44.2 Å². The van der Waals surface area contributed by atoms with E-state index in [4.69, 9.17) is 4.74 Å². The van der Waals surface area contributed by atoms with Gasteiger partial charge in [-0.3, -0.25) is 4.79 Å². The van der Waals surface area contributed by atoms with Gasteiger partial charge in [0.2, 0.25) is 0 Å². The molecule has 0 saturated carbocycles. The van der Waals surface area contributed by atoms with Gasteiger partial charge in [-0.1, -0.05) is 6.07 Å². The normalized spacial score (nSPS) is 10.7. The van der Waals surface area contributed by atoms with Gasteiger partial charge < -0.3 is 14.6 Å². The zero-order valence-electron chi connectivity index (χ0n) is 13.9. The van der Waals surface area contributed by atoms with E-state index in [0.717, 1.165) is 5.69 Å². The first-order valence-electron chi connectivity index (χ1n) is 7.89. The number of halogens is 1. The van der Waals surface area contributed by atoms with Crippen LogP contribution in [0, 0.1) is 5.82 Å². The van der Waals surface area contributed by atoms with Crippen molar-refractivity contribution in [2.45, 2.75) is 20.0 Å². The van der Waals surface area contributed by atoms with Crippen molar-refractivity contribution in [2.75, 3.05) is 5.32 Å². The number of carbonyl (C=O) groups excluding carboxylic acids is 1. The van der Waals surface area contributed by atoms with Gasteiger partial charge in [0.05, 0.1) is 18.1 Å². The molecule has 2 aromatic carbocycles. The second-order valence-electron chi connectivity index (χ2n) is 5.78. The summed E-state index contributed by atoms with van der Waals surface area (Å²) < 4.78 is 21.4. The van der Waals surface area contributed by atoms with E-state index >= 15 is 0 Å². The molecule has 0 aliphatic heterocycles. The van der Waals surface area contributed by atoms with Crippen molar-refractivity contribution < 1.29 is 13.9 Å². The van der Waals surface area contributed by atoms with Gasteiger partial charge in [-0.2, -0.15) is 0 Å². The Bertz CT molecular complexity index is 876. The third-order valence-corrected chi connectivity index (χ3v) is 3.47. The third kappa shape index (κ3) is 4.03. The Morgan fingerprint density at radius 1 is 1.24 bits per heavy atom. The van der Waals surface area contributed by atoms with Crippen LogP contribution in [0.1, 0.15) is 24.2 Å². The summed E-state index contributed by atoms with van der Waals surface area (Å²) in [6.45, 7) is 3.72. The number of nitrogens with one attached hydrogen (secondary N) is 1. The first-order chi connectivity index (χ1) is 12.0. The highest BCUT2D eigenvalue weighted by Crippen LogP contribution is 2.22. The zero-order chi connectivity index (χ0) is 17.8. The number of hydrogen-bond acceptors (Lipinski definition) is 3. The van der Waals surface area contributed by atoms with Crippen LogP contribution in [-0.4, -0.2) is 21.6 Å². The van der Waals surface area contributed by atoms with Crippen LogP contribution >= 0.6 is 0 Å². The van der Waals surface area contributed by atoms with Crippen LogP contribution in [-0.2, 0) is 0 Å². The number of benzene rings is 2. The van der Waals surface area contributed by atoms with Crippen molar-refractivity contribution in [3.8, 4) is 11.4 Å². The fraction of sp³-hybridized carbons (Fsp3) is 0.158. The van der Waals surface area contributed by atoms with E-state index in [1.807, 2.05) is 19.9 Å². The number of anilines is 1. The molecule has 3 aromatic rings. The van der Waals surface area contributed by atoms with E-state index in [9.17, 15) is 9.18 Å². The van der Waals surface area contributed by atoms with E-state index in [1.54, 1.807) is 47.6 Å². The summed E-state index contributed by atoms with van der Waals surface area (Å²) in [6, 6.07) is 11.4. The van der Waals surface area contributed by atoms with Crippen LogP contribution in [0.2, 0.25) is 0 Å². The number of rotatable bonds is 5. The molecule has 1 heterocycles. The minimum absolute atomic E-state index is 0.0502. The smallest absolute Gasteiger partial charge is 0.255 e. The van der Waals surface area contributed by atoms with Crippen LogP contribution in [0.25, 0.3) is 5.69 Å². The molecule has 1 amide bonds. The molecule has 5 nitrogen and oxygen atoms in total. The van der Waals surface area contributed by atoms with E-state index in [2.05, 4.69) is 10.3 Å². The molecule has 6 heteroatoms. The summed E-state index contributed by atoms with van der Waals surface area (Å²) in [6.07, 6.45) is 5.03. The first kappa shape index (κ1) is 16.7.